The summed E-state index contributed by atoms with van der Waals surface area (Å²) >= 11 is 0. The number of nitrogen functional groups attached to an aromatic ring is 1. The third-order valence-corrected chi connectivity index (χ3v) is 3.45. The average Bonchev–Trinajstić information content (AvgIpc) is 2.17. The van der Waals surface area contributed by atoms with Gasteiger partial charge in [0.2, 0.25) is 0 Å². The summed E-state index contributed by atoms with van der Waals surface area (Å²) < 4.78 is 5.75. The van der Waals surface area contributed by atoms with E-state index < -0.39 is 0 Å². The summed E-state index contributed by atoms with van der Waals surface area (Å²) in [5.74, 6) is 0.978. The fraction of sp³-hybridized carbons (Fsp3) is 0.500. The standard InChI is InChI=1S/C12H16N2O/c13-11-3-1-4-12-10(11)7-9(8-15-12)14-5-2-6-14/h1,3-4,9H,2,5-8,13H2. The fourth-order valence-corrected chi connectivity index (χ4v) is 2.36. The van der Waals surface area contributed by atoms with Crippen LogP contribution in [0, 0.1) is 0 Å². The molecule has 0 aromatic heterocycles. The molecule has 15 heavy (non-hydrogen) atoms. The Bertz CT molecular complexity index is 374. The van der Waals surface area contributed by atoms with Crippen LogP contribution in [0.15, 0.2) is 18.2 Å². The fourth-order valence-electron chi connectivity index (χ4n) is 2.36. The van der Waals surface area contributed by atoms with Gasteiger partial charge in [0.05, 0.1) is 0 Å². The topological polar surface area (TPSA) is 38.5 Å². The number of likely N-dealkylation sites (tertiary alicyclic amines) is 1. The molecular formula is C12H16N2O. The number of benzene rings is 1. The Labute approximate surface area is 89.8 Å². The molecule has 2 aliphatic rings. The first-order valence-corrected chi connectivity index (χ1v) is 5.59. The smallest absolute Gasteiger partial charge is 0.124 e. The van der Waals surface area contributed by atoms with Gasteiger partial charge in [-0.25, -0.2) is 0 Å². The second kappa shape index (κ2) is 3.42. The molecule has 2 aliphatic heterocycles. The third kappa shape index (κ3) is 1.47. The highest BCUT2D eigenvalue weighted by atomic mass is 16.5. The maximum atomic E-state index is 5.96. The van der Waals surface area contributed by atoms with Gasteiger partial charge in [-0.2, -0.15) is 0 Å². The first-order valence-electron chi connectivity index (χ1n) is 5.59. The Hall–Kier alpha value is -1.22. The normalized spacial score (nSPS) is 25.2. The van der Waals surface area contributed by atoms with E-state index in [1.807, 2.05) is 18.2 Å². The predicted octanol–water partition coefficient (Wildman–Crippen LogP) is 1.28. The third-order valence-electron chi connectivity index (χ3n) is 3.45. The van der Waals surface area contributed by atoms with Gasteiger partial charge in [-0.1, -0.05) is 6.07 Å². The molecule has 3 rings (SSSR count). The highest BCUT2D eigenvalue weighted by Gasteiger charge is 2.29. The van der Waals surface area contributed by atoms with E-state index in [2.05, 4.69) is 4.90 Å². The molecule has 2 heterocycles. The van der Waals surface area contributed by atoms with Crippen LogP contribution in [0.25, 0.3) is 0 Å². The Morgan fingerprint density at radius 2 is 2.20 bits per heavy atom. The predicted molar refractivity (Wildman–Crippen MR) is 60.0 cm³/mol. The lowest BCUT2D eigenvalue weighted by atomic mass is 9.98. The molecule has 80 valence electrons. The van der Waals surface area contributed by atoms with Gasteiger partial charge >= 0.3 is 0 Å². The van der Waals surface area contributed by atoms with Crippen molar-refractivity contribution in [1.29, 1.82) is 0 Å². The minimum absolute atomic E-state index is 0.538. The van der Waals surface area contributed by atoms with Gasteiger partial charge in [-0.3, -0.25) is 4.90 Å². The zero-order valence-electron chi connectivity index (χ0n) is 8.78. The van der Waals surface area contributed by atoms with Crippen molar-refractivity contribution < 1.29 is 4.74 Å². The number of anilines is 1. The Morgan fingerprint density at radius 1 is 1.33 bits per heavy atom. The van der Waals surface area contributed by atoms with E-state index >= 15 is 0 Å². The number of nitrogens with two attached hydrogens (primary N) is 1. The quantitative estimate of drug-likeness (QED) is 0.700. The Morgan fingerprint density at radius 3 is 2.93 bits per heavy atom. The molecule has 1 unspecified atom stereocenters. The van der Waals surface area contributed by atoms with Crippen molar-refractivity contribution in [3.05, 3.63) is 23.8 Å². The summed E-state index contributed by atoms with van der Waals surface area (Å²) in [5.41, 5.74) is 8.03. The average molecular weight is 204 g/mol. The van der Waals surface area contributed by atoms with E-state index in [4.69, 9.17) is 10.5 Å². The molecule has 1 saturated heterocycles. The van der Waals surface area contributed by atoms with Gasteiger partial charge < -0.3 is 10.5 Å². The molecule has 0 amide bonds. The summed E-state index contributed by atoms with van der Waals surface area (Å²) in [6.07, 6.45) is 2.37. The Balaban J connectivity index is 1.85. The summed E-state index contributed by atoms with van der Waals surface area (Å²) in [4.78, 5) is 2.48. The molecule has 0 bridgehead atoms. The Kier molecular flexibility index (Phi) is 2.06. The van der Waals surface area contributed by atoms with Gasteiger partial charge in [-0.15, -0.1) is 0 Å². The van der Waals surface area contributed by atoms with E-state index in [1.165, 1.54) is 25.1 Å². The van der Waals surface area contributed by atoms with Crippen molar-refractivity contribution in [3.63, 3.8) is 0 Å². The molecular weight excluding hydrogens is 188 g/mol. The zero-order valence-corrected chi connectivity index (χ0v) is 8.78. The van der Waals surface area contributed by atoms with Crippen LogP contribution in [0.3, 0.4) is 0 Å². The van der Waals surface area contributed by atoms with Crippen LogP contribution >= 0.6 is 0 Å². The highest BCUT2D eigenvalue weighted by molar-refractivity contribution is 5.55. The maximum Gasteiger partial charge on any atom is 0.124 e. The molecule has 0 saturated carbocycles. The summed E-state index contributed by atoms with van der Waals surface area (Å²) in [5, 5.41) is 0. The first kappa shape index (κ1) is 9.04. The highest BCUT2D eigenvalue weighted by Crippen LogP contribution is 2.31. The van der Waals surface area contributed by atoms with E-state index in [9.17, 15) is 0 Å². The van der Waals surface area contributed by atoms with Crippen molar-refractivity contribution in [3.8, 4) is 5.75 Å². The van der Waals surface area contributed by atoms with Gasteiger partial charge in [0, 0.05) is 17.3 Å². The minimum atomic E-state index is 0.538. The van der Waals surface area contributed by atoms with Crippen LogP contribution < -0.4 is 10.5 Å². The number of hydrogen-bond acceptors (Lipinski definition) is 3. The van der Waals surface area contributed by atoms with Crippen molar-refractivity contribution in [2.75, 3.05) is 25.4 Å². The van der Waals surface area contributed by atoms with Gasteiger partial charge in [0.15, 0.2) is 0 Å². The number of ether oxygens (including phenoxy) is 1. The van der Waals surface area contributed by atoms with Crippen molar-refractivity contribution in [1.82, 2.24) is 4.90 Å². The number of rotatable bonds is 1. The molecule has 1 fully saturated rings. The van der Waals surface area contributed by atoms with Crippen LogP contribution in [-0.4, -0.2) is 30.6 Å². The number of fused-ring (bicyclic) bond motifs is 1. The minimum Gasteiger partial charge on any atom is -0.492 e. The molecule has 1 aromatic carbocycles. The summed E-state index contributed by atoms with van der Waals surface area (Å²) in [6, 6.07) is 6.47. The van der Waals surface area contributed by atoms with E-state index in [-0.39, 0.29) is 0 Å². The van der Waals surface area contributed by atoms with E-state index in [1.54, 1.807) is 0 Å². The van der Waals surface area contributed by atoms with Crippen molar-refractivity contribution in [2.24, 2.45) is 0 Å². The number of hydrogen-bond donors (Lipinski definition) is 1. The lowest BCUT2D eigenvalue weighted by Crippen LogP contribution is -2.50. The van der Waals surface area contributed by atoms with Gasteiger partial charge in [0.25, 0.3) is 0 Å². The van der Waals surface area contributed by atoms with Crippen LogP contribution in [0.1, 0.15) is 12.0 Å². The van der Waals surface area contributed by atoms with Gasteiger partial charge in [0.1, 0.15) is 12.4 Å². The van der Waals surface area contributed by atoms with Crippen molar-refractivity contribution in [2.45, 2.75) is 18.9 Å². The van der Waals surface area contributed by atoms with Crippen LogP contribution in [0.2, 0.25) is 0 Å². The van der Waals surface area contributed by atoms with E-state index in [0.717, 1.165) is 24.5 Å². The molecule has 0 spiro atoms. The van der Waals surface area contributed by atoms with Gasteiger partial charge in [-0.05, 0) is 38.1 Å². The second-order valence-electron chi connectivity index (χ2n) is 4.38. The first-order chi connectivity index (χ1) is 7.34. The van der Waals surface area contributed by atoms with Crippen LogP contribution in [0.4, 0.5) is 5.69 Å². The molecule has 1 aromatic rings. The molecule has 0 aliphatic carbocycles. The lowest BCUT2D eigenvalue weighted by Gasteiger charge is -2.40. The maximum absolute atomic E-state index is 5.96. The summed E-state index contributed by atoms with van der Waals surface area (Å²) in [7, 11) is 0. The largest absolute Gasteiger partial charge is 0.492 e. The molecule has 2 N–H and O–H groups in total. The SMILES string of the molecule is Nc1cccc2c1CC(N1CCC1)CO2. The molecule has 1 atom stereocenters. The molecule has 3 heteroatoms. The molecule has 0 radical (unpaired) electrons. The molecule has 3 nitrogen and oxygen atoms in total. The monoisotopic (exact) mass is 204 g/mol. The van der Waals surface area contributed by atoms with Crippen LogP contribution in [0.5, 0.6) is 5.75 Å². The second-order valence-corrected chi connectivity index (χ2v) is 4.38. The zero-order chi connectivity index (χ0) is 10.3. The summed E-state index contributed by atoms with van der Waals surface area (Å²) in [6.45, 7) is 3.25. The van der Waals surface area contributed by atoms with Crippen molar-refractivity contribution >= 4 is 5.69 Å². The lowest BCUT2D eigenvalue weighted by molar-refractivity contribution is 0.0695. The van der Waals surface area contributed by atoms with Crippen LogP contribution in [-0.2, 0) is 6.42 Å². The number of nitrogens with zero attached hydrogens (tertiary/aromatic N) is 1. The van der Waals surface area contributed by atoms with E-state index in [0.29, 0.717) is 6.04 Å².